The van der Waals surface area contributed by atoms with Crippen LogP contribution in [0.2, 0.25) is 0 Å². The van der Waals surface area contributed by atoms with E-state index in [1.54, 1.807) is 24.3 Å². The maximum atomic E-state index is 11.5. The number of rotatable bonds is 6. The third-order valence-electron chi connectivity index (χ3n) is 2.31. The second-order valence-electron chi connectivity index (χ2n) is 3.76. The Morgan fingerprint density at radius 2 is 2.06 bits per heavy atom. The summed E-state index contributed by atoms with van der Waals surface area (Å²) >= 11 is 0. The van der Waals surface area contributed by atoms with Gasteiger partial charge in [0.2, 0.25) is 0 Å². The van der Waals surface area contributed by atoms with E-state index in [-0.39, 0.29) is 12.6 Å². The van der Waals surface area contributed by atoms with Crippen molar-refractivity contribution in [3.8, 4) is 0 Å². The molecule has 0 saturated heterocycles. The zero-order valence-corrected chi connectivity index (χ0v) is 9.56. The fourth-order valence-corrected chi connectivity index (χ4v) is 1.35. The molecule has 0 saturated carbocycles. The van der Waals surface area contributed by atoms with E-state index in [2.05, 4.69) is 6.92 Å². The molecular weight excluding hydrogens is 204 g/mol. The molecule has 3 nitrogen and oxygen atoms in total. The summed E-state index contributed by atoms with van der Waals surface area (Å²) in [6.07, 6.45) is 2.11. The second-order valence-corrected chi connectivity index (χ2v) is 3.76. The van der Waals surface area contributed by atoms with E-state index in [1.165, 1.54) is 0 Å². The molecule has 0 aliphatic heterocycles. The number of aliphatic hydroxyl groups is 1. The van der Waals surface area contributed by atoms with Crippen LogP contribution in [0.5, 0.6) is 0 Å². The van der Waals surface area contributed by atoms with Crippen molar-refractivity contribution in [3.63, 3.8) is 0 Å². The van der Waals surface area contributed by atoms with Gasteiger partial charge in [0.1, 0.15) is 6.61 Å². The first kappa shape index (κ1) is 12.7. The first-order valence-corrected chi connectivity index (χ1v) is 5.64. The van der Waals surface area contributed by atoms with Crippen LogP contribution in [0.15, 0.2) is 30.3 Å². The van der Waals surface area contributed by atoms with Crippen molar-refractivity contribution in [2.24, 2.45) is 0 Å². The van der Waals surface area contributed by atoms with Gasteiger partial charge in [-0.05, 0) is 18.6 Å². The van der Waals surface area contributed by atoms with Crippen molar-refractivity contribution < 1.29 is 14.6 Å². The highest BCUT2D eigenvalue weighted by atomic mass is 16.5. The normalized spacial score (nSPS) is 12.1. The molecule has 1 N–H and O–H groups in total. The van der Waals surface area contributed by atoms with Gasteiger partial charge in [0.15, 0.2) is 0 Å². The van der Waals surface area contributed by atoms with E-state index in [1.807, 2.05) is 6.07 Å². The van der Waals surface area contributed by atoms with Crippen molar-refractivity contribution in [2.45, 2.75) is 32.3 Å². The Kier molecular flexibility index (Phi) is 5.57. The lowest BCUT2D eigenvalue weighted by atomic mass is 10.2. The monoisotopic (exact) mass is 222 g/mol. The van der Waals surface area contributed by atoms with Crippen LogP contribution in [0, 0.1) is 0 Å². The zero-order valence-electron chi connectivity index (χ0n) is 9.56. The van der Waals surface area contributed by atoms with Crippen LogP contribution < -0.4 is 0 Å². The van der Waals surface area contributed by atoms with E-state index >= 15 is 0 Å². The van der Waals surface area contributed by atoms with E-state index < -0.39 is 6.10 Å². The van der Waals surface area contributed by atoms with Crippen molar-refractivity contribution in [1.82, 2.24) is 0 Å². The molecule has 1 atom stereocenters. The highest BCUT2D eigenvalue weighted by Gasteiger charge is 2.09. The van der Waals surface area contributed by atoms with Crippen LogP contribution in [0.1, 0.15) is 36.5 Å². The second kappa shape index (κ2) is 7.01. The number of hydrogen-bond donors (Lipinski definition) is 1. The molecule has 3 heteroatoms. The molecule has 0 fully saturated rings. The predicted octanol–water partition coefficient (Wildman–Crippen LogP) is 2.39. The molecule has 0 aromatic heterocycles. The molecule has 0 spiro atoms. The van der Waals surface area contributed by atoms with Crippen LogP contribution in [-0.2, 0) is 4.74 Å². The van der Waals surface area contributed by atoms with Crippen LogP contribution in [0.3, 0.4) is 0 Å². The Labute approximate surface area is 96.1 Å². The quantitative estimate of drug-likeness (QED) is 0.752. The third-order valence-corrected chi connectivity index (χ3v) is 2.31. The van der Waals surface area contributed by atoms with E-state index in [0.717, 1.165) is 12.8 Å². The van der Waals surface area contributed by atoms with Crippen molar-refractivity contribution in [3.05, 3.63) is 35.9 Å². The number of carbonyl (C=O) groups excluding carboxylic acids is 1. The SMILES string of the molecule is CCCC[C@@H](O)COC(=O)c1ccccc1. The Balaban J connectivity index is 2.30. The van der Waals surface area contributed by atoms with Crippen molar-refractivity contribution >= 4 is 5.97 Å². The highest BCUT2D eigenvalue weighted by Crippen LogP contribution is 2.04. The maximum Gasteiger partial charge on any atom is 0.338 e. The lowest BCUT2D eigenvalue weighted by molar-refractivity contribution is 0.0234. The van der Waals surface area contributed by atoms with Gasteiger partial charge in [-0.2, -0.15) is 0 Å². The molecule has 0 aliphatic carbocycles. The maximum absolute atomic E-state index is 11.5. The smallest absolute Gasteiger partial charge is 0.338 e. The van der Waals surface area contributed by atoms with Gasteiger partial charge in [0, 0.05) is 0 Å². The fraction of sp³-hybridized carbons (Fsp3) is 0.462. The fourth-order valence-electron chi connectivity index (χ4n) is 1.35. The van der Waals surface area contributed by atoms with Crippen molar-refractivity contribution in [1.29, 1.82) is 0 Å². The average Bonchev–Trinajstić information content (AvgIpc) is 2.34. The molecule has 0 amide bonds. The number of ether oxygens (including phenoxy) is 1. The van der Waals surface area contributed by atoms with Gasteiger partial charge in [-0.1, -0.05) is 38.0 Å². The molecule has 16 heavy (non-hydrogen) atoms. The summed E-state index contributed by atoms with van der Waals surface area (Å²) in [5.41, 5.74) is 0.519. The Morgan fingerprint density at radius 1 is 1.38 bits per heavy atom. The van der Waals surface area contributed by atoms with Crippen LogP contribution >= 0.6 is 0 Å². The molecule has 1 rings (SSSR count). The average molecular weight is 222 g/mol. The number of esters is 1. The van der Waals surface area contributed by atoms with Crippen LogP contribution in [0.25, 0.3) is 0 Å². The van der Waals surface area contributed by atoms with Gasteiger partial charge in [-0.25, -0.2) is 4.79 Å². The van der Waals surface area contributed by atoms with E-state index in [4.69, 9.17) is 4.74 Å². The van der Waals surface area contributed by atoms with Crippen molar-refractivity contribution in [2.75, 3.05) is 6.61 Å². The summed E-state index contributed by atoms with van der Waals surface area (Å²) in [5.74, 6) is -0.379. The summed E-state index contributed by atoms with van der Waals surface area (Å²) in [5, 5.41) is 9.50. The molecule has 0 aliphatic rings. The number of unbranched alkanes of at least 4 members (excludes halogenated alkanes) is 1. The molecule has 0 radical (unpaired) electrons. The minimum absolute atomic E-state index is 0.0771. The molecular formula is C13H18O3. The zero-order chi connectivity index (χ0) is 11.8. The minimum atomic E-state index is -0.549. The Hall–Kier alpha value is -1.35. The first-order chi connectivity index (χ1) is 7.74. The molecule has 1 aromatic carbocycles. The van der Waals surface area contributed by atoms with Gasteiger partial charge in [0.25, 0.3) is 0 Å². The highest BCUT2D eigenvalue weighted by molar-refractivity contribution is 5.89. The lowest BCUT2D eigenvalue weighted by Crippen LogP contribution is -2.18. The van der Waals surface area contributed by atoms with Gasteiger partial charge in [-0.15, -0.1) is 0 Å². The molecule has 0 unspecified atom stereocenters. The first-order valence-electron chi connectivity index (χ1n) is 5.64. The number of hydrogen-bond acceptors (Lipinski definition) is 3. The van der Waals surface area contributed by atoms with E-state index in [0.29, 0.717) is 12.0 Å². The number of benzene rings is 1. The number of aliphatic hydroxyl groups excluding tert-OH is 1. The molecule has 88 valence electrons. The summed E-state index contributed by atoms with van der Waals surface area (Å²) in [7, 11) is 0. The minimum Gasteiger partial charge on any atom is -0.459 e. The standard InChI is InChI=1S/C13H18O3/c1-2-3-9-12(14)10-16-13(15)11-7-5-4-6-8-11/h4-8,12,14H,2-3,9-10H2,1H3/t12-/m1/s1. The summed E-state index contributed by atoms with van der Waals surface area (Å²) in [6, 6.07) is 8.79. The van der Waals surface area contributed by atoms with Gasteiger partial charge < -0.3 is 9.84 Å². The Morgan fingerprint density at radius 3 is 2.69 bits per heavy atom. The summed E-state index contributed by atoms with van der Waals surface area (Å²) in [6.45, 7) is 2.14. The van der Waals surface area contributed by atoms with Crippen LogP contribution in [-0.4, -0.2) is 23.8 Å². The Bertz CT molecular complexity index is 308. The largest absolute Gasteiger partial charge is 0.459 e. The summed E-state index contributed by atoms with van der Waals surface area (Å²) in [4.78, 5) is 11.5. The lowest BCUT2D eigenvalue weighted by Gasteiger charge is -2.10. The van der Waals surface area contributed by atoms with Gasteiger partial charge in [0.05, 0.1) is 11.7 Å². The molecule has 1 aromatic rings. The third kappa shape index (κ3) is 4.45. The molecule has 0 bridgehead atoms. The topological polar surface area (TPSA) is 46.5 Å². The molecule has 0 heterocycles. The summed E-state index contributed by atoms with van der Waals surface area (Å²) < 4.78 is 5.00. The van der Waals surface area contributed by atoms with Crippen LogP contribution in [0.4, 0.5) is 0 Å². The van der Waals surface area contributed by atoms with Gasteiger partial charge in [-0.3, -0.25) is 0 Å². The van der Waals surface area contributed by atoms with E-state index in [9.17, 15) is 9.90 Å². The van der Waals surface area contributed by atoms with Gasteiger partial charge >= 0.3 is 5.97 Å². The number of carbonyl (C=O) groups is 1. The predicted molar refractivity (Wildman–Crippen MR) is 62.3 cm³/mol.